The van der Waals surface area contributed by atoms with Crippen molar-refractivity contribution >= 4 is 17.4 Å². The molecule has 0 fully saturated rings. The smallest absolute Gasteiger partial charge is 0.294 e. The molecule has 0 bridgehead atoms. The Morgan fingerprint density at radius 1 is 0.969 bits per heavy atom. The van der Waals surface area contributed by atoms with E-state index >= 15 is 0 Å². The fourth-order valence-electron chi connectivity index (χ4n) is 4.03. The quantitative estimate of drug-likeness (QED) is 0.559. The van der Waals surface area contributed by atoms with Gasteiger partial charge in [0.25, 0.3) is 5.91 Å². The lowest BCUT2D eigenvalue weighted by atomic mass is 9.93. The normalized spacial score (nSPS) is 16.0. The Bertz CT molecular complexity index is 1200. The second kappa shape index (κ2) is 8.79. The van der Waals surface area contributed by atoms with E-state index in [0.717, 1.165) is 16.7 Å². The molecule has 1 N–H and O–H groups in total. The molecule has 3 aromatic carbocycles. The summed E-state index contributed by atoms with van der Waals surface area (Å²) in [5, 5.41) is 10.8. The first-order valence-corrected chi connectivity index (χ1v) is 10.5. The number of hydrogen-bond donors (Lipinski definition) is 1. The summed E-state index contributed by atoms with van der Waals surface area (Å²) in [6, 6.07) is 20.0. The van der Waals surface area contributed by atoms with Gasteiger partial charge in [0.1, 0.15) is 5.82 Å². The van der Waals surface area contributed by atoms with Crippen molar-refractivity contribution in [3.05, 3.63) is 112 Å². The first-order valence-electron chi connectivity index (χ1n) is 10.5. The van der Waals surface area contributed by atoms with Crippen molar-refractivity contribution in [3.8, 4) is 0 Å². The molecule has 1 amide bonds. The van der Waals surface area contributed by atoms with Crippen LogP contribution in [0.3, 0.4) is 0 Å². The third-order valence-electron chi connectivity index (χ3n) is 5.95. The number of carbonyl (C=O) groups excluding carboxylic acids is 2. The number of carbonyl (C=O) groups is 2. The number of rotatable bonds is 6. The summed E-state index contributed by atoms with van der Waals surface area (Å²) in [5.74, 6) is -1.90. The lowest BCUT2D eigenvalue weighted by Gasteiger charge is -2.27. The molecule has 162 valence electrons. The molecule has 1 aliphatic heterocycles. The minimum atomic E-state index is -0.825. The summed E-state index contributed by atoms with van der Waals surface area (Å²) in [4.78, 5) is 27.8. The number of aliphatic hydroxyl groups excluding tert-OH is 1. The second-order valence-electron chi connectivity index (χ2n) is 8.07. The summed E-state index contributed by atoms with van der Waals surface area (Å²) in [6.45, 7) is 3.90. The van der Waals surface area contributed by atoms with Gasteiger partial charge in [-0.3, -0.25) is 14.5 Å². The first kappa shape index (κ1) is 21.5. The number of hydrogen-bond acceptors (Lipinski definition) is 3. The molecule has 1 aliphatic rings. The molecule has 0 saturated heterocycles. The van der Waals surface area contributed by atoms with Crippen LogP contribution in [0.15, 0.2) is 84.1 Å². The minimum Gasteiger partial charge on any atom is -0.503 e. The van der Waals surface area contributed by atoms with Crippen molar-refractivity contribution < 1.29 is 19.1 Å². The minimum absolute atomic E-state index is 0.0516. The molecule has 4 nitrogen and oxygen atoms in total. The summed E-state index contributed by atoms with van der Waals surface area (Å²) in [5.41, 5.74) is 4.23. The molecule has 0 spiro atoms. The molecule has 32 heavy (non-hydrogen) atoms. The van der Waals surface area contributed by atoms with Gasteiger partial charge in [0.15, 0.2) is 11.5 Å². The van der Waals surface area contributed by atoms with Crippen molar-refractivity contribution in [2.75, 3.05) is 4.90 Å². The Hall–Kier alpha value is -3.73. The monoisotopic (exact) mass is 429 g/mol. The zero-order chi connectivity index (χ0) is 22.8. The zero-order valence-corrected chi connectivity index (χ0v) is 18.0. The Morgan fingerprint density at radius 2 is 1.66 bits per heavy atom. The Balaban J connectivity index is 1.74. The molecule has 0 aliphatic carbocycles. The zero-order valence-electron chi connectivity index (χ0n) is 18.0. The van der Waals surface area contributed by atoms with Crippen LogP contribution in [0.5, 0.6) is 0 Å². The van der Waals surface area contributed by atoms with Crippen molar-refractivity contribution in [3.63, 3.8) is 0 Å². The largest absolute Gasteiger partial charge is 0.503 e. The lowest BCUT2D eigenvalue weighted by molar-refractivity contribution is -0.118. The van der Waals surface area contributed by atoms with Gasteiger partial charge in [-0.1, -0.05) is 48.5 Å². The summed E-state index contributed by atoms with van der Waals surface area (Å²) in [6.07, 6.45) is 0.638. The predicted octanol–water partition coefficient (Wildman–Crippen LogP) is 5.54. The number of Topliss-reactive ketones (excluding diaryl/α,β-unsaturated/α-hetero) is 1. The van der Waals surface area contributed by atoms with Gasteiger partial charge >= 0.3 is 0 Å². The van der Waals surface area contributed by atoms with E-state index in [2.05, 4.69) is 0 Å². The Kier molecular flexibility index (Phi) is 5.91. The Labute approximate surface area is 186 Å². The summed E-state index contributed by atoms with van der Waals surface area (Å²) >= 11 is 0. The molecule has 0 radical (unpaired) electrons. The molecular formula is C27H24FNO3. The molecule has 4 rings (SSSR count). The van der Waals surface area contributed by atoms with E-state index in [-0.39, 0.29) is 17.8 Å². The fraction of sp³-hybridized carbons (Fsp3) is 0.185. The lowest BCUT2D eigenvalue weighted by Crippen LogP contribution is -2.31. The summed E-state index contributed by atoms with van der Waals surface area (Å²) < 4.78 is 13.6. The van der Waals surface area contributed by atoms with Crippen LogP contribution >= 0.6 is 0 Å². The van der Waals surface area contributed by atoms with Gasteiger partial charge < -0.3 is 5.11 Å². The average Bonchev–Trinajstić information content (AvgIpc) is 3.06. The van der Waals surface area contributed by atoms with Gasteiger partial charge in [-0.25, -0.2) is 4.39 Å². The maximum atomic E-state index is 13.6. The number of aliphatic hydroxyl groups is 1. The molecule has 3 aromatic rings. The predicted molar refractivity (Wildman–Crippen MR) is 122 cm³/mol. The van der Waals surface area contributed by atoms with Gasteiger partial charge in [-0.2, -0.15) is 0 Å². The average molecular weight is 429 g/mol. The number of halogens is 1. The molecule has 0 saturated carbocycles. The van der Waals surface area contributed by atoms with E-state index in [9.17, 15) is 19.1 Å². The molecule has 1 unspecified atom stereocenters. The number of ketones is 1. The molecular weight excluding hydrogens is 405 g/mol. The number of nitrogens with zero attached hydrogens (tertiary/aromatic N) is 1. The van der Waals surface area contributed by atoms with Crippen LogP contribution in [-0.4, -0.2) is 16.8 Å². The topological polar surface area (TPSA) is 57.6 Å². The van der Waals surface area contributed by atoms with Crippen molar-refractivity contribution in [1.82, 2.24) is 0 Å². The number of aryl methyl sites for hydroxylation is 3. The molecule has 5 heteroatoms. The maximum absolute atomic E-state index is 13.6. The van der Waals surface area contributed by atoms with E-state index < -0.39 is 23.5 Å². The van der Waals surface area contributed by atoms with Crippen LogP contribution in [0.2, 0.25) is 0 Å². The molecule has 1 heterocycles. The summed E-state index contributed by atoms with van der Waals surface area (Å²) in [7, 11) is 0. The molecule has 1 atom stereocenters. The highest BCUT2D eigenvalue weighted by Crippen LogP contribution is 2.41. The third kappa shape index (κ3) is 4.06. The van der Waals surface area contributed by atoms with E-state index in [1.54, 1.807) is 18.2 Å². The highest BCUT2D eigenvalue weighted by atomic mass is 19.1. The van der Waals surface area contributed by atoms with Crippen molar-refractivity contribution in [2.45, 2.75) is 32.7 Å². The van der Waals surface area contributed by atoms with Crippen LogP contribution in [0.1, 0.15) is 34.7 Å². The SMILES string of the molecule is Cc1ccc(N2C(=O)C(O)=C(C(=O)CCc3ccccc3)C2c2ccc(F)cc2)cc1C. The van der Waals surface area contributed by atoms with Crippen LogP contribution in [-0.2, 0) is 16.0 Å². The van der Waals surface area contributed by atoms with Crippen LogP contribution in [0.4, 0.5) is 10.1 Å². The van der Waals surface area contributed by atoms with Crippen LogP contribution in [0.25, 0.3) is 0 Å². The van der Waals surface area contributed by atoms with Crippen LogP contribution in [0, 0.1) is 19.7 Å². The maximum Gasteiger partial charge on any atom is 0.294 e. The second-order valence-corrected chi connectivity index (χ2v) is 8.07. The van der Waals surface area contributed by atoms with Crippen LogP contribution < -0.4 is 4.90 Å². The van der Waals surface area contributed by atoms with Gasteiger partial charge in [0, 0.05) is 12.1 Å². The van der Waals surface area contributed by atoms with E-state index in [1.165, 1.54) is 17.0 Å². The van der Waals surface area contributed by atoms with Gasteiger partial charge in [-0.15, -0.1) is 0 Å². The fourth-order valence-corrected chi connectivity index (χ4v) is 4.03. The van der Waals surface area contributed by atoms with Crippen molar-refractivity contribution in [2.24, 2.45) is 0 Å². The van der Waals surface area contributed by atoms with Gasteiger partial charge in [0.2, 0.25) is 0 Å². The Morgan fingerprint density at radius 3 is 2.31 bits per heavy atom. The third-order valence-corrected chi connectivity index (χ3v) is 5.95. The van der Waals surface area contributed by atoms with Gasteiger partial charge in [-0.05, 0) is 66.8 Å². The number of anilines is 1. The highest BCUT2D eigenvalue weighted by Gasteiger charge is 2.44. The molecule has 0 aromatic heterocycles. The number of amides is 1. The highest BCUT2D eigenvalue weighted by molar-refractivity contribution is 6.16. The van der Waals surface area contributed by atoms with E-state index in [1.807, 2.05) is 56.3 Å². The van der Waals surface area contributed by atoms with Crippen molar-refractivity contribution in [1.29, 1.82) is 0 Å². The first-order chi connectivity index (χ1) is 15.4. The van der Waals surface area contributed by atoms with E-state index in [4.69, 9.17) is 0 Å². The number of benzene rings is 3. The van der Waals surface area contributed by atoms with Gasteiger partial charge in [0.05, 0.1) is 11.6 Å². The van der Waals surface area contributed by atoms with E-state index in [0.29, 0.717) is 17.7 Å². The standard InChI is InChI=1S/C27H24FNO3/c1-17-8-14-22(16-18(17)2)29-25(20-10-12-21(28)13-11-20)24(26(31)27(29)32)23(30)15-9-19-6-4-3-5-7-19/h3-8,10-14,16,25,31H,9,15H2,1-2H3.